The Kier molecular flexibility index (Phi) is 4.14. The summed E-state index contributed by atoms with van der Waals surface area (Å²) in [5.74, 6) is 1.58. The van der Waals surface area contributed by atoms with Crippen molar-refractivity contribution >= 4 is 15.9 Å². The van der Waals surface area contributed by atoms with Crippen LogP contribution >= 0.6 is 15.9 Å². The zero-order valence-corrected chi connectivity index (χ0v) is 12.0. The SMILES string of the molecule is CC(C)C(N)Cc1nc(-c2cccc(Br)c2)no1. The van der Waals surface area contributed by atoms with Crippen LogP contribution in [0.3, 0.4) is 0 Å². The Morgan fingerprint density at radius 3 is 2.83 bits per heavy atom. The van der Waals surface area contributed by atoms with E-state index in [4.69, 9.17) is 10.3 Å². The van der Waals surface area contributed by atoms with Crippen LogP contribution in [0.25, 0.3) is 11.4 Å². The Hall–Kier alpha value is -1.20. The van der Waals surface area contributed by atoms with Gasteiger partial charge >= 0.3 is 0 Å². The van der Waals surface area contributed by atoms with Crippen LogP contribution in [0.5, 0.6) is 0 Å². The van der Waals surface area contributed by atoms with Crippen molar-refractivity contribution in [2.24, 2.45) is 11.7 Å². The topological polar surface area (TPSA) is 64.9 Å². The molecular formula is C13H16BrN3O. The summed E-state index contributed by atoms with van der Waals surface area (Å²) in [5, 5.41) is 3.98. The predicted octanol–water partition coefficient (Wildman–Crippen LogP) is 3.02. The van der Waals surface area contributed by atoms with Gasteiger partial charge in [-0.15, -0.1) is 0 Å². The molecule has 0 radical (unpaired) electrons. The first-order valence-corrected chi connectivity index (χ1v) is 6.69. The molecule has 5 heteroatoms. The Morgan fingerprint density at radius 1 is 1.39 bits per heavy atom. The molecule has 4 nitrogen and oxygen atoms in total. The third-order valence-electron chi connectivity index (χ3n) is 2.82. The highest BCUT2D eigenvalue weighted by Crippen LogP contribution is 2.20. The minimum atomic E-state index is 0.0424. The predicted molar refractivity (Wildman–Crippen MR) is 74.0 cm³/mol. The second-order valence-electron chi connectivity index (χ2n) is 4.63. The Bertz CT molecular complexity index is 524. The minimum absolute atomic E-state index is 0.0424. The van der Waals surface area contributed by atoms with Gasteiger partial charge in [0.25, 0.3) is 0 Å². The molecule has 1 atom stereocenters. The summed E-state index contributed by atoms with van der Waals surface area (Å²) in [4.78, 5) is 4.37. The fraction of sp³-hybridized carbons (Fsp3) is 0.385. The number of rotatable bonds is 4. The lowest BCUT2D eigenvalue weighted by Gasteiger charge is -2.11. The third-order valence-corrected chi connectivity index (χ3v) is 3.31. The van der Waals surface area contributed by atoms with Crippen molar-refractivity contribution in [2.45, 2.75) is 26.3 Å². The van der Waals surface area contributed by atoms with Gasteiger partial charge in [-0.25, -0.2) is 0 Å². The number of hydrogen-bond donors (Lipinski definition) is 1. The second kappa shape index (κ2) is 5.63. The van der Waals surface area contributed by atoms with Crippen LogP contribution in [0, 0.1) is 5.92 Å². The van der Waals surface area contributed by atoms with Crippen molar-refractivity contribution in [1.82, 2.24) is 10.1 Å². The highest BCUT2D eigenvalue weighted by atomic mass is 79.9. The smallest absolute Gasteiger partial charge is 0.228 e. The maximum absolute atomic E-state index is 5.99. The standard InChI is InChI=1S/C13H16BrN3O/c1-8(2)11(15)7-12-16-13(17-18-12)9-4-3-5-10(14)6-9/h3-6,8,11H,7,15H2,1-2H3. The maximum Gasteiger partial charge on any atom is 0.228 e. The van der Waals surface area contributed by atoms with E-state index >= 15 is 0 Å². The molecule has 1 unspecified atom stereocenters. The molecule has 0 saturated carbocycles. The summed E-state index contributed by atoms with van der Waals surface area (Å²) in [6.45, 7) is 4.16. The van der Waals surface area contributed by atoms with Gasteiger partial charge < -0.3 is 10.3 Å². The molecule has 1 heterocycles. The molecule has 0 aliphatic rings. The van der Waals surface area contributed by atoms with E-state index in [-0.39, 0.29) is 6.04 Å². The molecule has 18 heavy (non-hydrogen) atoms. The van der Waals surface area contributed by atoms with Crippen LogP contribution in [-0.2, 0) is 6.42 Å². The van der Waals surface area contributed by atoms with Crippen molar-refractivity contribution in [1.29, 1.82) is 0 Å². The molecule has 1 aromatic heterocycles. The lowest BCUT2D eigenvalue weighted by Crippen LogP contribution is -2.28. The number of aromatic nitrogens is 2. The number of hydrogen-bond acceptors (Lipinski definition) is 4. The summed E-state index contributed by atoms with van der Waals surface area (Å²) in [7, 11) is 0. The molecule has 0 saturated heterocycles. The van der Waals surface area contributed by atoms with Crippen molar-refractivity contribution < 1.29 is 4.52 Å². The van der Waals surface area contributed by atoms with Gasteiger partial charge in [0.05, 0.1) is 0 Å². The van der Waals surface area contributed by atoms with Crippen LogP contribution in [0.4, 0.5) is 0 Å². The third kappa shape index (κ3) is 3.17. The number of benzene rings is 1. The quantitative estimate of drug-likeness (QED) is 0.942. The summed E-state index contributed by atoms with van der Waals surface area (Å²) < 4.78 is 6.21. The summed E-state index contributed by atoms with van der Waals surface area (Å²) in [6.07, 6.45) is 0.610. The molecule has 0 amide bonds. The molecule has 0 fully saturated rings. The summed E-state index contributed by atoms with van der Waals surface area (Å²) in [6, 6.07) is 7.84. The Morgan fingerprint density at radius 2 is 2.17 bits per heavy atom. The Labute approximate surface area is 115 Å². The molecule has 2 rings (SSSR count). The maximum atomic E-state index is 5.99. The highest BCUT2D eigenvalue weighted by molar-refractivity contribution is 9.10. The van der Waals surface area contributed by atoms with E-state index in [1.54, 1.807) is 0 Å². The van der Waals surface area contributed by atoms with E-state index < -0.39 is 0 Å². The van der Waals surface area contributed by atoms with Crippen LogP contribution in [0.15, 0.2) is 33.3 Å². The fourth-order valence-corrected chi connectivity index (χ4v) is 1.92. The highest BCUT2D eigenvalue weighted by Gasteiger charge is 2.14. The summed E-state index contributed by atoms with van der Waals surface area (Å²) in [5.41, 5.74) is 6.91. The lowest BCUT2D eigenvalue weighted by molar-refractivity contribution is 0.353. The molecule has 1 aromatic carbocycles. The van der Waals surface area contributed by atoms with Gasteiger partial charge in [0.15, 0.2) is 0 Å². The van der Waals surface area contributed by atoms with Gasteiger partial charge in [0, 0.05) is 22.5 Å². The van der Waals surface area contributed by atoms with Gasteiger partial charge in [-0.3, -0.25) is 0 Å². The zero-order valence-electron chi connectivity index (χ0n) is 10.4. The molecule has 2 aromatic rings. The fourth-order valence-electron chi connectivity index (χ4n) is 1.52. The monoisotopic (exact) mass is 309 g/mol. The van der Waals surface area contributed by atoms with Gasteiger partial charge in [-0.1, -0.05) is 47.1 Å². The first-order valence-electron chi connectivity index (χ1n) is 5.90. The van der Waals surface area contributed by atoms with Crippen LogP contribution in [-0.4, -0.2) is 16.2 Å². The molecule has 0 aliphatic heterocycles. The molecule has 0 spiro atoms. The summed E-state index contributed by atoms with van der Waals surface area (Å²) >= 11 is 3.42. The zero-order chi connectivity index (χ0) is 13.1. The van der Waals surface area contributed by atoms with E-state index in [0.717, 1.165) is 10.0 Å². The van der Waals surface area contributed by atoms with Gasteiger partial charge in [-0.2, -0.15) is 4.98 Å². The van der Waals surface area contributed by atoms with Crippen LogP contribution in [0.1, 0.15) is 19.7 Å². The lowest BCUT2D eigenvalue weighted by atomic mass is 10.0. The number of nitrogens with two attached hydrogens (primary N) is 1. The second-order valence-corrected chi connectivity index (χ2v) is 5.55. The average Bonchev–Trinajstić information content (AvgIpc) is 2.77. The van der Waals surface area contributed by atoms with Crippen molar-refractivity contribution in [3.05, 3.63) is 34.6 Å². The van der Waals surface area contributed by atoms with Crippen molar-refractivity contribution in [3.8, 4) is 11.4 Å². The molecule has 2 N–H and O–H groups in total. The van der Waals surface area contributed by atoms with Crippen LogP contribution in [0.2, 0.25) is 0 Å². The molecular weight excluding hydrogens is 294 g/mol. The van der Waals surface area contributed by atoms with Crippen LogP contribution < -0.4 is 5.73 Å². The minimum Gasteiger partial charge on any atom is -0.339 e. The van der Waals surface area contributed by atoms with E-state index in [9.17, 15) is 0 Å². The molecule has 0 aliphatic carbocycles. The normalized spacial score (nSPS) is 12.9. The van der Waals surface area contributed by atoms with Gasteiger partial charge in [-0.05, 0) is 18.1 Å². The van der Waals surface area contributed by atoms with Crippen molar-refractivity contribution in [2.75, 3.05) is 0 Å². The molecule has 0 bridgehead atoms. The van der Waals surface area contributed by atoms with E-state index in [0.29, 0.717) is 24.1 Å². The Balaban J connectivity index is 2.15. The number of halogens is 1. The van der Waals surface area contributed by atoms with Gasteiger partial charge in [0.2, 0.25) is 11.7 Å². The van der Waals surface area contributed by atoms with E-state index in [1.807, 2.05) is 24.3 Å². The first-order chi connectivity index (χ1) is 8.56. The van der Waals surface area contributed by atoms with Gasteiger partial charge in [0.1, 0.15) is 0 Å². The van der Waals surface area contributed by atoms with E-state index in [1.165, 1.54) is 0 Å². The number of nitrogens with zero attached hydrogens (tertiary/aromatic N) is 2. The largest absolute Gasteiger partial charge is 0.339 e. The first kappa shape index (κ1) is 13.2. The molecule has 96 valence electrons. The van der Waals surface area contributed by atoms with E-state index in [2.05, 4.69) is 39.9 Å². The average molecular weight is 310 g/mol. The van der Waals surface area contributed by atoms with Crippen molar-refractivity contribution in [3.63, 3.8) is 0 Å².